The molecule has 0 heterocycles. The van der Waals surface area contributed by atoms with Crippen LogP contribution in [0.25, 0.3) is 0 Å². The summed E-state index contributed by atoms with van der Waals surface area (Å²) in [6.45, 7) is 2.45. The van der Waals surface area contributed by atoms with E-state index in [2.05, 4.69) is 5.32 Å². The van der Waals surface area contributed by atoms with Gasteiger partial charge >= 0.3 is 0 Å². The molecular formula is C11H17NO3. The molecule has 0 saturated heterocycles. The molecule has 0 aliphatic rings. The fourth-order valence-corrected chi connectivity index (χ4v) is 1.22. The van der Waals surface area contributed by atoms with E-state index in [1.807, 2.05) is 19.1 Å². The van der Waals surface area contributed by atoms with E-state index in [-0.39, 0.29) is 18.4 Å². The van der Waals surface area contributed by atoms with E-state index in [0.29, 0.717) is 12.3 Å². The van der Waals surface area contributed by atoms with E-state index >= 15 is 0 Å². The van der Waals surface area contributed by atoms with Crippen LogP contribution in [0.3, 0.4) is 0 Å². The van der Waals surface area contributed by atoms with Gasteiger partial charge in [0, 0.05) is 18.2 Å². The lowest BCUT2D eigenvalue weighted by molar-refractivity contribution is 0.250. The Morgan fingerprint density at radius 3 is 2.80 bits per heavy atom. The van der Waals surface area contributed by atoms with Gasteiger partial charge in [-0.2, -0.15) is 0 Å². The number of aliphatic hydroxyl groups excluding tert-OH is 1. The van der Waals surface area contributed by atoms with Gasteiger partial charge < -0.3 is 20.3 Å². The topological polar surface area (TPSA) is 61.7 Å². The van der Waals surface area contributed by atoms with E-state index in [1.165, 1.54) is 7.11 Å². The van der Waals surface area contributed by atoms with Crippen molar-refractivity contribution in [3.63, 3.8) is 0 Å². The summed E-state index contributed by atoms with van der Waals surface area (Å²) in [6, 6.07) is 5.35. The third kappa shape index (κ3) is 3.11. The lowest BCUT2D eigenvalue weighted by Crippen LogP contribution is -2.28. The summed E-state index contributed by atoms with van der Waals surface area (Å²) >= 11 is 0. The van der Waals surface area contributed by atoms with Crippen LogP contribution in [0.15, 0.2) is 18.2 Å². The summed E-state index contributed by atoms with van der Waals surface area (Å²) in [7, 11) is 1.52. The van der Waals surface area contributed by atoms with Crippen molar-refractivity contribution in [3.05, 3.63) is 23.8 Å². The number of nitrogens with one attached hydrogen (secondary N) is 1. The van der Waals surface area contributed by atoms with Crippen LogP contribution in [0, 0.1) is 0 Å². The van der Waals surface area contributed by atoms with Gasteiger partial charge in [-0.15, -0.1) is 0 Å². The highest BCUT2D eigenvalue weighted by atomic mass is 16.5. The average molecular weight is 211 g/mol. The number of benzene rings is 1. The molecule has 0 aromatic heterocycles. The summed E-state index contributed by atoms with van der Waals surface area (Å²) in [4.78, 5) is 0. The molecule has 1 unspecified atom stereocenters. The Labute approximate surface area is 89.5 Å². The summed E-state index contributed by atoms with van der Waals surface area (Å²) in [5.74, 6) is 0.614. The molecule has 0 fully saturated rings. The fourth-order valence-electron chi connectivity index (χ4n) is 1.22. The zero-order valence-corrected chi connectivity index (χ0v) is 9.03. The molecule has 15 heavy (non-hydrogen) atoms. The van der Waals surface area contributed by atoms with Gasteiger partial charge in [0.05, 0.1) is 13.7 Å². The van der Waals surface area contributed by atoms with Crippen LogP contribution >= 0.6 is 0 Å². The minimum absolute atomic E-state index is 0.00982. The minimum Gasteiger partial charge on any atom is -0.504 e. The Bertz CT molecular complexity index is 315. The number of para-hydroxylation sites is 1. The molecule has 4 nitrogen and oxygen atoms in total. The molecule has 0 aliphatic carbocycles. The molecule has 0 saturated carbocycles. The van der Waals surface area contributed by atoms with Gasteiger partial charge in [0.2, 0.25) is 0 Å². The van der Waals surface area contributed by atoms with E-state index in [4.69, 9.17) is 9.84 Å². The molecule has 0 aliphatic heterocycles. The van der Waals surface area contributed by atoms with Crippen molar-refractivity contribution in [2.45, 2.75) is 19.5 Å². The zero-order chi connectivity index (χ0) is 11.3. The van der Waals surface area contributed by atoms with Gasteiger partial charge in [-0.25, -0.2) is 0 Å². The van der Waals surface area contributed by atoms with Crippen LogP contribution in [-0.2, 0) is 6.54 Å². The Kier molecular flexibility index (Phi) is 4.39. The highest BCUT2D eigenvalue weighted by molar-refractivity contribution is 5.45. The van der Waals surface area contributed by atoms with Crippen LogP contribution in [0.1, 0.15) is 12.5 Å². The maximum atomic E-state index is 9.75. The van der Waals surface area contributed by atoms with E-state index in [9.17, 15) is 5.11 Å². The van der Waals surface area contributed by atoms with Crippen LogP contribution in [0.4, 0.5) is 0 Å². The SMILES string of the molecule is COc1cccc(CNC(C)CO)c1O. The number of phenolic OH excluding ortho intramolecular Hbond substituents is 1. The van der Waals surface area contributed by atoms with Crippen molar-refractivity contribution in [2.75, 3.05) is 13.7 Å². The normalized spacial score (nSPS) is 12.5. The number of aromatic hydroxyl groups is 1. The third-order valence-corrected chi connectivity index (χ3v) is 2.22. The van der Waals surface area contributed by atoms with Gasteiger partial charge in [0.15, 0.2) is 11.5 Å². The lowest BCUT2D eigenvalue weighted by Gasteiger charge is -2.12. The van der Waals surface area contributed by atoms with E-state index in [1.54, 1.807) is 6.07 Å². The highest BCUT2D eigenvalue weighted by Gasteiger charge is 2.07. The average Bonchev–Trinajstić information content (AvgIpc) is 2.27. The van der Waals surface area contributed by atoms with Crippen molar-refractivity contribution in [1.29, 1.82) is 0 Å². The Hall–Kier alpha value is -1.26. The molecule has 0 spiro atoms. The monoisotopic (exact) mass is 211 g/mol. The van der Waals surface area contributed by atoms with Gasteiger partial charge in [-0.3, -0.25) is 0 Å². The number of ether oxygens (including phenoxy) is 1. The molecule has 0 amide bonds. The van der Waals surface area contributed by atoms with Gasteiger partial charge in [-0.05, 0) is 13.0 Å². The fraction of sp³-hybridized carbons (Fsp3) is 0.455. The molecular weight excluding hydrogens is 194 g/mol. The Morgan fingerprint density at radius 1 is 1.47 bits per heavy atom. The van der Waals surface area contributed by atoms with Crippen LogP contribution in [-0.4, -0.2) is 30.0 Å². The molecule has 1 aromatic rings. The van der Waals surface area contributed by atoms with Gasteiger partial charge in [-0.1, -0.05) is 12.1 Å². The number of phenols is 1. The predicted molar refractivity (Wildman–Crippen MR) is 58.0 cm³/mol. The second-order valence-corrected chi connectivity index (χ2v) is 3.43. The van der Waals surface area contributed by atoms with E-state index < -0.39 is 0 Å². The first kappa shape index (κ1) is 11.8. The van der Waals surface area contributed by atoms with E-state index in [0.717, 1.165) is 5.56 Å². The number of methoxy groups -OCH3 is 1. The Morgan fingerprint density at radius 2 is 2.20 bits per heavy atom. The molecule has 3 N–H and O–H groups in total. The quantitative estimate of drug-likeness (QED) is 0.676. The zero-order valence-electron chi connectivity index (χ0n) is 9.03. The molecule has 1 rings (SSSR count). The highest BCUT2D eigenvalue weighted by Crippen LogP contribution is 2.29. The van der Waals surface area contributed by atoms with Crippen molar-refractivity contribution in [1.82, 2.24) is 5.32 Å². The first-order valence-electron chi connectivity index (χ1n) is 4.88. The maximum absolute atomic E-state index is 9.75. The van der Waals surface area contributed by atoms with Gasteiger partial charge in [0.25, 0.3) is 0 Å². The number of hydrogen-bond donors (Lipinski definition) is 3. The third-order valence-electron chi connectivity index (χ3n) is 2.22. The summed E-state index contributed by atoms with van der Waals surface area (Å²) in [5.41, 5.74) is 0.759. The molecule has 0 bridgehead atoms. The first-order chi connectivity index (χ1) is 7.19. The Balaban J connectivity index is 2.68. The minimum atomic E-state index is 0.00982. The molecule has 84 valence electrons. The van der Waals surface area contributed by atoms with Crippen molar-refractivity contribution in [2.24, 2.45) is 0 Å². The van der Waals surface area contributed by atoms with Crippen molar-refractivity contribution in [3.8, 4) is 11.5 Å². The molecule has 1 atom stereocenters. The second-order valence-electron chi connectivity index (χ2n) is 3.43. The molecule has 4 heteroatoms. The number of hydrogen-bond acceptors (Lipinski definition) is 4. The van der Waals surface area contributed by atoms with Crippen LogP contribution in [0.5, 0.6) is 11.5 Å². The second kappa shape index (κ2) is 5.58. The standard InChI is InChI=1S/C11H17NO3/c1-8(7-13)12-6-9-4-3-5-10(15-2)11(9)14/h3-5,8,12-14H,6-7H2,1-2H3. The lowest BCUT2D eigenvalue weighted by atomic mass is 10.1. The van der Waals surface area contributed by atoms with Gasteiger partial charge in [0.1, 0.15) is 0 Å². The van der Waals surface area contributed by atoms with Crippen LogP contribution in [0.2, 0.25) is 0 Å². The number of aliphatic hydroxyl groups is 1. The number of rotatable bonds is 5. The predicted octanol–water partition coefficient (Wildman–Crippen LogP) is 0.871. The molecule has 1 aromatic carbocycles. The van der Waals surface area contributed by atoms with Crippen molar-refractivity contribution < 1.29 is 14.9 Å². The largest absolute Gasteiger partial charge is 0.504 e. The first-order valence-corrected chi connectivity index (χ1v) is 4.88. The van der Waals surface area contributed by atoms with Crippen LogP contribution < -0.4 is 10.1 Å². The smallest absolute Gasteiger partial charge is 0.162 e. The van der Waals surface area contributed by atoms with Crippen molar-refractivity contribution >= 4 is 0 Å². The summed E-state index contributed by atoms with van der Waals surface area (Å²) in [6.07, 6.45) is 0. The maximum Gasteiger partial charge on any atom is 0.162 e. The molecule has 0 radical (unpaired) electrons. The summed E-state index contributed by atoms with van der Waals surface area (Å²) in [5, 5.41) is 21.7. The summed E-state index contributed by atoms with van der Waals surface area (Å²) < 4.78 is 4.99.